The fourth-order valence-electron chi connectivity index (χ4n) is 3.54. The van der Waals surface area contributed by atoms with Crippen molar-refractivity contribution in [3.8, 4) is 17.2 Å². The summed E-state index contributed by atoms with van der Waals surface area (Å²) in [5.41, 5.74) is 10.5. The molecule has 144 valence electrons. The van der Waals surface area contributed by atoms with Crippen LogP contribution in [0.4, 0.5) is 0 Å². The fourth-order valence-corrected chi connectivity index (χ4v) is 3.81. The highest BCUT2D eigenvalue weighted by Gasteiger charge is 2.32. The van der Waals surface area contributed by atoms with Crippen LogP contribution in [0.5, 0.6) is 0 Å². The number of halogens is 1. The molecule has 3 atom stereocenters. The maximum atomic E-state index is 9.28. The third kappa shape index (κ3) is 4.37. The number of benzene rings is 1. The second-order valence-electron chi connectivity index (χ2n) is 7.11. The summed E-state index contributed by atoms with van der Waals surface area (Å²) in [4.78, 5) is 10.0. The largest absolute Gasteiger partial charge is 0.402 e. The van der Waals surface area contributed by atoms with Crippen LogP contribution < -0.4 is 9.43 Å². The van der Waals surface area contributed by atoms with Crippen LogP contribution in [0.2, 0.25) is 0 Å². The topological polar surface area (TPSA) is 84.0 Å². The molecule has 0 spiro atoms. The van der Waals surface area contributed by atoms with E-state index < -0.39 is 0 Å². The second kappa shape index (κ2) is 9.22. The van der Waals surface area contributed by atoms with Crippen molar-refractivity contribution in [3.05, 3.63) is 71.4 Å². The molecule has 6 heteroatoms. The van der Waals surface area contributed by atoms with E-state index in [4.69, 9.17) is 10.6 Å². The molecule has 0 saturated carbocycles. The third-order valence-corrected chi connectivity index (χ3v) is 5.65. The molecule has 0 aliphatic heterocycles. The standard InChI is InChI=1S/C22H23IN4O/c1-14-11-21(28-27-23)22(25)19(15(14)2)10-9-18-8-7-17(13-26-18)20-6-4-3-5-16(20)12-24/h3-10,13-15,19,27H,11,25H2,1-2H3/b10-9+/t14?,15-,19?/m1/s1. The first kappa shape index (κ1) is 20.4. The molecule has 0 amide bonds. The minimum atomic E-state index is 0.101. The smallest absolute Gasteiger partial charge is 0.144 e. The maximum Gasteiger partial charge on any atom is 0.144 e. The molecule has 5 nitrogen and oxygen atoms in total. The van der Waals surface area contributed by atoms with Crippen molar-refractivity contribution < 1.29 is 4.84 Å². The molecule has 2 unspecified atom stereocenters. The van der Waals surface area contributed by atoms with Gasteiger partial charge in [0, 0.05) is 29.7 Å². The Morgan fingerprint density at radius 2 is 2.07 bits per heavy atom. The van der Waals surface area contributed by atoms with Gasteiger partial charge in [0.15, 0.2) is 0 Å². The van der Waals surface area contributed by atoms with E-state index >= 15 is 0 Å². The minimum Gasteiger partial charge on any atom is -0.402 e. The summed E-state index contributed by atoms with van der Waals surface area (Å²) in [6, 6.07) is 13.7. The highest BCUT2D eigenvalue weighted by molar-refractivity contribution is 14.1. The lowest BCUT2D eigenvalue weighted by Gasteiger charge is -2.33. The third-order valence-electron chi connectivity index (χ3n) is 5.43. The monoisotopic (exact) mass is 486 g/mol. The summed E-state index contributed by atoms with van der Waals surface area (Å²) >= 11 is 1.95. The zero-order chi connectivity index (χ0) is 20.1. The number of aromatic nitrogens is 1. The van der Waals surface area contributed by atoms with Crippen molar-refractivity contribution in [2.75, 3.05) is 0 Å². The normalized spacial score (nSPS) is 22.3. The van der Waals surface area contributed by atoms with Crippen molar-refractivity contribution in [1.29, 1.82) is 5.26 Å². The number of allylic oxidation sites excluding steroid dienone is 2. The minimum absolute atomic E-state index is 0.101. The first-order chi connectivity index (χ1) is 13.5. The van der Waals surface area contributed by atoms with Crippen LogP contribution in [0.25, 0.3) is 17.2 Å². The van der Waals surface area contributed by atoms with Gasteiger partial charge in [-0.05, 0) is 30.0 Å². The number of nitriles is 1. The number of pyridine rings is 1. The van der Waals surface area contributed by atoms with Gasteiger partial charge in [0.05, 0.1) is 45.9 Å². The summed E-state index contributed by atoms with van der Waals surface area (Å²) in [5.74, 6) is 1.80. The van der Waals surface area contributed by atoms with Gasteiger partial charge in [-0.3, -0.25) is 4.98 Å². The van der Waals surface area contributed by atoms with Crippen LogP contribution in [0.3, 0.4) is 0 Å². The lowest BCUT2D eigenvalue weighted by Crippen LogP contribution is -2.31. The Balaban J connectivity index is 1.82. The van der Waals surface area contributed by atoms with E-state index in [9.17, 15) is 5.26 Å². The number of rotatable bonds is 5. The molecule has 0 fully saturated rings. The van der Waals surface area contributed by atoms with Gasteiger partial charge in [-0.2, -0.15) is 5.26 Å². The Morgan fingerprint density at radius 3 is 2.75 bits per heavy atom. The highest BCUT2D eigenvalue weighted by Crippen LogP contribution is 2.37. The molecule has 2 aromatic rings. The van der Waals surface area contributed by atoms with Crippen molar-refractivity contribution in [2.24, 2.45) is 23.5 Å². The molecular formula is C22H23IN4O. The average Bonchev–Trinajstić information content (AvgIpc) is 2.72. The van der Waals surface area contributed by atoms with E-state index in [0.29, 0.717) is 17.4 Å². The van der Waals surface area contributed by atoms with E-state index in [0.717, 1.165) is 34.7 Å². The summed E-state index contributed by atoms with van der Waals surface area (Å²) in [6.45, 7) is 4.43. The molecule has 3 N–H and O–H groups in total. The van der Waals surface area contributed by atoms with E-state index in [1.54, 1.807) is 6.20 Å². The average molecular weight is 486 g/mol. The Labute approximate surface area is 179 Å². The van der Waals surface area contributed by atoms with Gasteiger partial charge in [-0.15, -0.1) is 0 Å². The fraction of sp³-hybridized carbons (Fsp3) is 0.273. The Hall–Kier alpha value is -2.37. The van der Waals surface area contributed by atoms with Gasteiger partial charge in [-0.1, -0.05) is 47.9 Å². The molecule has 1 aromatic carbocycles. The van der Waals surface area contributed by atoms with Gasteiger partial charge < -0.3 is 10.6 Å². The maximum absolute atomic E-state index is 9.28. The van der Waals surface area contributed by atoms with Gasteiger partial charge in [0.2, 0.25) is 0 Å². The van der Waals surface area contributed by atoms with Crippen molar-refractivity contribution in [3.63, 3.8) is 0 Å². The van der Waals surface area contributed by atoms with Gasteiger partial charge in [0.1, 0.15) is 5.76 Å². The molecule has 1 aromatic heterocycles. The van der Waals surface area contributed by atoms with Gasteiger partial charge in [-0.25, -0.2) is 0 Å². The van der Waals surface area contributed by atoms with Gasteiger partial charge in [0.25, 0.3) is 0 Å². The zero-order valence-electron chi connectivity index (χ0n) is 15.9. The molecule has 28 heavy (non-hydrogen) atoms. The van der Waals surface area contributed by atoms with E-state index in [1.807, 2.05) is 65.3 Å². The Morgan fingerprint density at radius 1 is 1.29 bits per heavy atom. The number of nitrogens with zero attached hydrogens (tertiary/aromatic N) is 2. The molecule has 1 aliphatic rings. The van der Waals surface area contributed by atoms with E-state index in [1.165, 1.54) is 0 Å². The van der Waals surface area contributed by atoms with Crippen LogP contribution in [-0.2, 0) is 4.84 Å². The van der Waals surface area contributed by atoms with Gasteiger partial charge >= 0.3 is 0 Å². The highest BCUT2D eigenvalue weighted by atomic mass is 127. The molecule has 0 bridgehead atoms. The molecule has 1 heterocycles. The lowest BCUT2D eigenvalue weighted by molar-refractivity contribution is 0.139. The zero-order valence-corrected chi connectivity index (χ0v) is 18.1. The van der Waals surface area contributed by atoms with Crippen LogP contribution in [0.1, 0.15) is 31.5 Å². The lowest BCUT2D eigenvalue weighted by atomic mass is 9.75. The first-order valence-corrected chi connectivity index (χ1v) is 10.3. The number of nitrogens with two attached hydrogens (primary N) is 1. The summed E-state index contributed by atoms with van der Waals surface area (Å²) in [6.07, 6.45) is 6.74. The van der Waals surface area contributed by atoms with Crippen molar-refractivity contribution >= 4 is 28.9 Å². The number of nitrogens with one attached hydrogen (secondary N) is 1. The Kier molecular flexibility index (Phi) is 6.70. The summed E-state index contributed by atoms with van der Waals surface area (Å²) in [5, 5.41) is 9.28. The molecule has 0 saturated heterocycles. The number of hydrogen-bond acceptors (Lipinski definition) is 5. The molecule has 1 aliphatic carbocycles. The van der Waals surface area contributed by atoms with Crippen molar-refractivity contribution in [1.82, 2.24) is 8.68 Å². The first-order valence-electron chi connectivity index (χ1n) is 9.20. The summed E-state index contributed by atoms with van der Waals surface area (Å²) in [7, 11) is 0. The van der Waals surface area contributed by atoms with Crippen LogP contribution in [0, 0.1) is 29.1 Å². The van der Waals surface area contributed by atoms with Crippen molar-refractivity contribution in [2.45, 2.75) is 20.3 Å². The second-order valence-corrected chi connectivity index (χ2v) is 7.55. The quantitative estimate of drug-likeness (QED) is 0.354. The molecule has 0 radical (unpaired) electrons. The predicted molar refractivity (Wildman–Crippen MR) is 119 cm³/mol. The van der Waals surface area contributed by atoms with Crippen LogP contribution >= 0.6 is 22.9 Å². The van der Waals surface area contributed by atoms with E-state index in [2.05, 4.69) is 34.7 Å². The summed E-state index contributed by atoms with van der Waals surface area (Å²) < 4.78 is 2.70. The predicted octanol–water partition coefficient (Wildman–Crippen LogP) is 4.97. The van der Waals surface area contributed by atoms with E-state index in [-0.39, 0.29) is 5.92 Å². The Bertz CT molecular complexity index is 930. The molecular weight excluding hydrogens is 463 g/mol. The molecule has 3 rings (SSSR count). The van der Waals surface area contributed by atoms with Crippen LogP contribution in [0.15, 0.2) is 60.1 Å². The number of hydrogen-bond donors (Lipinski definition) is 2. The SMILES string of the molecule is CC1CC(ONI)=C(N)C(/C=C/c2ccc(-c3ccccc3C#N)cn2)[C@@H]1C. The van der Waals surface area contributed by atoms with Crippen LogP contribution in [-0.4, -0.2) is 4.98 Å².